The summed E-state index contributed by atoms with van der Waals surface area (Å²) in [5, 5.41) is 4.75. The van der Waals surface area contributed by atoms with Gasteiger partial charge in [-0.3, -0.25) is 5.32 Å². The molecule has 9 heteroatoms. The molecule has 0 radical (unpaired) electrons. The van der Waals surface area contributed by atoms with Crippen molar-refractivity contribution >= 4 is 45.0 Å². The minimum Gasteiger partial charge on any atom is -0.497 e. The smallest absolute Gasteiger partial charge is 0.417 e. The molecular weight excluding hydrogens is 554 g/mol. The molecule has 0 saturated carbocycles. The summed E-state index contributed by atoms with van der Waals surface area (Å²) in [6.07, 6.45) is -0.609. The molecule has 224 valence electrons. The van der Waals surface area contributed by atoms with Crippen molar-refractivity contribution in [2.24, 2.45) is 0 Å². The number of fused-ring (bicyclic) bond motifs is 2. The average Bonchev–Trinajstić information content (AvgIpc) is 3.49. The van der Waals surface area contributed by atoms with Crippen LogP contribution in [0.5, 0.6) is 17.2 Å². The van der Waals surface area contributed by atoms with Crippen LogP contribution in [0.3, 0.4) is 0 Å². The van der Waals surface area contributed by atoms with Crippen LogP contribution in [0.1, 0.15) is 13.8 Å². The molecule has 6 rings (SSSR count). The van der Waals surface area contributed by atoms with Gasteiger partial charge in [-0.15, -0.1) is 0 Å². The Morgan fingerprint density at radius 2 is 1.20 bits per heavy atom. The Morgan fingerprint density at radius 1 is 0.682 bits per heavy atom. The Labute approximate surface area is 255 Å². The molecule has 4 aromatic carbocycles. The molecule has 5 N–H and O–H groups in total. The van der Waals surface area contributed by atoms with E-state index in [2.05, 4.69) is 28.3 Å². The van der Waals surface area contributed by atoms with Gasteiger partial charge < -0.3 is 34.8 Å². The first-order valence-corrected chi connectivity index (χ1v) is 14.5. The molecule has 2 heterocycles. The summed E-state index contributed by atoms with van der Waals surface area (Å²) in [6.45, 7) is 5.54. The zero-order chi connectivity index (χ0) is 31.0. The molecule has 0 bridgehead atoms. The van der Waals surface area contributed by atoms with E-state index in [1.54, 1.807) is 20.3 Å². The fourth-order valence-electron chi connectivity index (χ4n) is 5.95. The molecule has 44 heavy (non-hydrogen) atoms. The molecule has 2 aromatic heterocycles. The number of nitrogens with zero attached hydrogens (tertiary/aromatic N) is 2. The van der Waals surface area contributed by atoms with E-state index in [9.17, 15) is 4.79 Å². The number of nitrogens with two attached hydrogens (primary N) is 2. The van der Waals surface area contributed by atoms with Gasteiger partial charge in [-0.2, -0.15) is 0 Å². The van der Waals surface area contributed by atoms with Crippen molar-refractivity contribution in [3.63, 3.8) is 0 Å². The average molecular weight is 590 g/mol. The molecule has 6 aromatic rings. The van der Waals surface area contributed by atoms with Crippen molar-refractivity contribution in [3.8, 4) is 39.8 Å². The molecule has 0 unspecified atom stereocenters. The van der Waals surface area contributed by atoms with Crippen LogP contribution in [0.15, 0.2) is 84.9 Å². The van der Waals surface area contributed by atoms with Crippen LogP contribution in [-0.4, -0.2) is 29.4 Å². The van der Waals surface area contributed by atoms with Gasteiger partial charge in [0.25, 0.3) is 0 Å². The number of anilines is 3. The van der Waals surface area contributed by atoms with Crippen LogP contribution < -0.4 is 31.0 Å². The van der Waals surface area contributed by atoms with Crippen molar-refractivity contribution in [1.82, 2.24) is 9.13 Å². The topological polar surface area (TPSA) is 119 Å². The molecule has 0 spiro atoms. The third-order valence-corrected chi connectivity index (χ3v) is 7.95. The van der Waals surface area contributed by atoms with Crippen LogP contribution in [0.25, 0.3) is 44.3 Å². The minimum absolute atomic E-state index is 0.394. The quantitative estimate of drug-likeness (QED) is 0.167. The van der Waals surface area contributed by atoms with Crippen LogP contribution in [0, 0.1) is 0 Å². The highest BCUT2D eigenvalue weighted by Crippen LogP contribution is 2.40. The SMILES string of the molecule is CCn1c(-c2cccc(NC(=O)Oc3cccc(-c4c(N)c5ccc(OC)cc5n4CC)c3)c2)c(N)c2ccc(OC)cc21. The van der Waals surface area contributed by atoms with Crippen LogP contribution in [-0.2, 0) is 13.1 Å². The Morgan fingerprint density at radius 3 is 1.73 bits per heavy atom. The summed E-state index contributed by atoms with van der Waals surface area (Å²) < 4.78 is 20.9. The number of methoxy groups -OCH3 is 2. The summed E-state index contributed by atoms with van der Waals surface area (Å²) in [5.41, 5.74) is 20.6. The van der Waals surface area contributed by atoms with Crippen LogP contribution in [0.2, 0.25) is 0 Å². The van der Waals surface area contributed by atoms with Crippen molar-refractivity contribution in [2.45, 2.75) is 26.9 Å². The molecule has 1 amide bonds. The molecule has 0 atom stereocenters. The maximum atomic E-state index is 13.1. The Hall–Kier alpha value is -5.57. The molecule has 9 nitrogen and oxygen atoms in total. The monoisotopic (exact) mass is 589 g/mol. The number of nitrogens with one attached hydrogen (secondary N) is 1. The first-order chi connectivity index (χ1) is 21.4. The number of aryl methyl sites for hydroxylation is 2. The number of hydrogen-bond acceptors (Lipinski definition) is 6. The second-order valence-electron chi connectivity index (χ2n) is 10.4. The van der Waals surface area contributed by atoms with Gasteiger partial charge in [-0.1, -0.05) is 24.3 Å². The number of amides is 1. The normalized spacial score (nSPS) is 11.2. The molecule has 0 aliphatic rings. The predicted molar refractivity (Wildman–Crippen MR) is 178 cm³/mol. The highest BCUT2D eigenvalue weighted by molar-refractivity contribution is 6.03. The van der Waals surface area contributed by atoms with E-state index in [1.165, 1.54) is 0 Å². The van der Waals surface area contributed by atoms with Gasteiger partial charge in [0.05, 0.1) is 48.0 Å². The fourth-order valence-corrected chi connectivity index (χ4v) is 5.95. The van der Waals surface area contributed by atoms with E-state index in [4.69, 9.17) is 25.7 Å². The third kappa shape index (κ3) is 4.92. The van der Waals surface area contributed by atoms with Gasteiger partial charge in [0.15, 0.2) is 0 Å². The second-order valence-corrected chi connectivity index (χ2v) is 10.4. The van der Waals surface area contributed by atoms with E-state index in [-0.39, 0.29) is 0 Å². The molecule has 0 aliphatic carbocycles. The van der Waals surface area contributed by atoms with Gasteiger partial charge >= 0.3 is 6.09 Å². The first kappa shape index (κ1) is 28.5. The van der Waals surface area contributed by atoms with Crippen LogP contribution in [0.4, 0.5) is 21.9 Å². The summed E-state index contributed by atoms with van der Waals surface area (Å²) in [4.78, 5) is 13.1. The van der Waals surface area contributed by atoms with Gasteiger partial charge in [0, 0.05) is 52.8 Å². The molecule has 0 aliphatic heterocycles. The largest absolute Gasteiger partial charge is 0.497 e. The number of carbonyl (C=O) groups excluding carboxylic acids is 1. The maximum Gasteiger partial charge on any atom is 0.417 e. The van der Waals surface area contributed by atoms with Crippen molar-refractivity contribution in [2.75, 3.05) is 31.0 Å². The summed E-state index contributed by atoms with van der Waals surface area (Å²) in [7, 11) is 3.29. The lowest BCUT2D eigenvalue weighted by Crippen LogP contribution is -2.16. The predicted octanol–water partition coefficient (Wildman–Crippen LogP) is 7.76. The maximum absolute atomic E-state index is 13.1. The Kier molecular flexibility index (Phi) is 7.53. The lowest BCUT2D eigenvalue weighted by molar-refractivity contribution is 0.215. The van der Waals surface area contributed by atoms with Crippen molar-refractivity contribution in [3.05, 3.63) is 84.9 Å². The van der Waals surface area contributed by atoms with Gasteiger partial charge in [-0.25, -0.2) is 4.79 Å². The van der Waals surface area contributed by atoms with Crippen LogP contribution >= 0.6 is 0 Å². The number of benzene rings is 4. The number of rotatable bonds is 8. The third-order valence-electron chi connectivity index (χ3n) is 7.95. The highest BCUT2D eigenvalue weighted by atomic mass is 16.6. The van der Waals surface area contributed by atoms with Crippen molar-refractivity contribution < 1.29 is 19.0 Å². The van der Waals surface area contributed by atoms with E-state index >= 15 is 0 Å². The number of carbonyl (C=O) groups is 1. The Bertz CT molecular complexity index is 1880. The lowest BCUT2D eigenvalue weighted by Gasteiger charge is -2.13. The van der Waals surface area contributed by atoms with E-state index < -0.39 is 6.09 Å². The van der Waals surface area contributed by atoms with Crippen molar-refractivity contribution in [1.29, 1.82) is 0 Å². The summed E-state index contributed by atoms with van der Waals surface area (Å²) in [5.74, 6) is 1.91. The van der Waals surface area contributed by atoms with Gasteiger partial charge in [0.1, 0.15) is 17.2 Å². The van der Waals surface area contributed by atoms with E-state index in [0.717, 1.165) is 55.8 Å². The summed E-state index contributed by atoms with van der Waals surface area (Å²) in [6, 6.07) is 26.6. The number of ether oxygens (including phenoxy) is 3. The standard InChI is InChI=1S/C35H35N5O4/c1-5-39-29-19-24(42-3)13-15-27(29)31(36)33(39)21-9-7-11-23(17-21)38-35(41)44-26-12-8-10-22(18-26)34-32(37)28-16-14-25(43-4)20-30(28)40(34)6-2/h7-20H,5-6,36-37H2,1-4H3,(H,38,41). The Balaban J connectivity index is 1.27. The lowest BCUT2D eigenvalue weighted by atomic mass is 10.1. The summed E-state index contributed by atoms with van der Waals surface area (Å²) >= 11 is 0. The van der Waals surface area contributed by atoms with E-state index in [1.807, 2.05) is 78.9 Å². The highest BCUT2D eigenvalue weighted by Gasteiger charge is 2.19. The van der Waals surface area contributed by atoms with Gasteiger partial charge in [-0.05, 0) is 62.4 Å². The second kappa shape index (κ2) is 11.6. The minimum atomic E-state index is -0.609. The van der Waals surface area contributed by atoms with Gasteiger partial charge in [0.2, 0.25) is 0 Å². The zero-order valence-electron chi connectivity index (χ0n) is 25.2. The number of nitrogen functional groups attached to an aromatic ring is 2. The number of hydrogen-bond donors (Lipinski definition) is 3. The molecular formula is C35H35N5O4. The number of aromatic nitrogens is 2. The fraction of sp³-hybridized carbons (Fsp3) is 0.171. The molecule has 0 saturated heterocycles. The van der Waals surface area contributed by atoms with E-state index in [0.29, 0.717) is 35.9 Å². The molecule has 0 fully saturated rings. The first-order valence-electron chi connectivity index (χ1n) is 14.5. The zero-order valence-corrected chi connectivity index (χ0v) is 25.2.